The van der Waals surface area contributed by atoms with Crippen molar-refractivity contribution < 1.29 is 19.4 Å². The molecule has 0 bridgehead atoms. The summed E-state index contributed by atoms with van der Waals surface area (Å²) in [6.07, 6.45) is 1.44. The SMILES string of the molecule is N#C/C(=C/c1ccc(OCc2ccc(Br)cc2)c(Br)c1)C(=O)Nc1cccc(C(=O)O)c1. The third-order valence-corrected chi connectivity index (χ3v) is 5.46. The van der Waals surface area contributed by atoms with E-state index in [1.807, 2.05) is 30.3 Å². The number of nitrogens with zero attached hydrogens (tertiary/aromatic N) is 1. The van der Waals surface area contributed by atoms with Crippen LogP contribution < -0.4 is 10.1 Å². The molecule has 0 unspecified atom stereocenters. The molecule has 0 aromatic heterocycles. The molecule has 160 valence electrons. The summed E-state index contributed by atoms with van der Waals surface area (Å²) in [7, 11) is 0. The maximum Gasteiger partial charge on any atom is 0.335 e. The minimum absolute atomic E-state index is 0.0351. The van der Waals surface area contributed by atoms with E-state index in [2.05, 4.69) is 37.2 Å². The monoisotopic (exact) mass is 554 g/mol. The van der Waals surface area contributed by atoms with Crippen LogP contribution in [0.5, 0.6) is 5.75 Å². The van der Waals surface area contributed by atoms with Gasteiger partial charge >= 0.3 is 5.97 Å². The van der Waals surface area contributed by atoms with Gasteiger partial charge in [0.15, 0.2) is 0 Å². The van der Waals surface area contributed by atoms with Crippen LogP contribution >= 0.6 is 31.9 Å². The molecule has 0 saturated heterocycles. The smallest absolute Gasteiger partial charge is 0.335 e. The number of carbonyl (C=O) groups is 2. The number of halogens is 2. The van der Waals surface area contributed by atoms with Crippen LogP contribution in [-0.4, -0.2) is 17.0 Å². The van der Waals surface area contributed by atoms with Crippen LogP contribution in [-0.2, 0) is 11.4 Å². The third-order valence-electron chi connectivity index (χ3n) is 4.31. The van der Waals surface area contributed by atoms with E-state index in [0.29, 0.717) is 22.4 Å². The van der Waals surface area contributed by atoms with Gasteiger partial charge in [-0.05, 0) is 75.6 Å². The summed E-state index contributed by atoms with van der Waals surface area (Å²) in [5, 5.41) is 21.0. The molecule has 32 heavy (non-hydrogen) atoms. The van der Waals surface area contributed by atoms with Gasteiger partial charge in [-0.15, -0.1) is 0 Å². The lowest BCUT2D eigenvalue weighted by Gasteiger charge is -2.09. The molecule has 0 aliphatic heterocycles. The zero-order valence-corrected chi connectivity index (χ0v) is 19.7. The second-order valence-electron chi connectivity index (χ2n) is 6.61. The fourth-order valence-electron chi connectivity index (χ4n) is 2.71. The first-order chi connectivity index (χ1) is 15.4. The number of aromatic carboxylic acids is 1. The number of nitrogens with one attached hydrogen (secondary N) is 1. The lowest BCUT2D eigenvalue weighted by molar-refractivity contribution is -0.112. The van der Waals surface area contributed by atoms with Crippen LogP contribution in [0.3, 0.4) is 0 Å². The molecule has 0 radical (unpaired) electrons. The molecule has 0 aliphatic rings. The summed E-state index contributed by atoms with van der Waals surface area (Å²) in [5.41, 5.74) is 1.83. The Hall–Kier alpha value is -3.41. The van der Waals surface area contributed by atoms with Crippen molar-refractivity contribution in [2.45, 2.75) is 6.61 Å². The summed E-state index contributed by atoms with van der Waals surface area (Å²) in [5.74, 6) is -1.12. The van der Waals surface area contributed by atoms with Crippen molar-refractivity contribution in [1.82, 2.24) is 0 Å². The molecule has 3 aromatic rings. The first kappa shape index (κ1) is 23.3. The van der Waals surface area contributed by atoms with Crippen molar-refractivity contribution >= 4 is 55.5 Å². The van der Waals surface area contributed by atoms with Gasteiger partial charge < -0.3 is 15.2 Å². The Bertz CT molecular complexity index is 1230. The van der Waals surface area contributed by atoms with Gasteiger partial charge in [0.1, 0.15) is 24.0 Å². The Morgan fingerprint density at radius 2 is 1.81 bits per heavy atom. The Labute approximate surface area is 201 Å². The Morgan fingerprint density at radius 1 is 1.06 bits per heavy atom. The third kappa shape index (κ3) is 6.30. The minimum atomic E-state index is -1.11. The van der Waals surface area contributed by atoms with Gasteiger partial charge in [0.05, 0.1) is 10.0 Å². The van der Waals surface area contributed by atoms with Crippen molar-refractivity contribution in [3.05, 3.63) is 97.9 Å². The highest BCUT2D eigenvalue weighted by Crippen LogP contribution is 2.28. The molecule has 1 amide bonds. The number of nitriles is 1. The number of carboxylic acids is 1. The summed E-state index contributed by atoms with van der Waals surface area (Å²) >= 11 is 6.85. The Kier molecular flexibility index (Phi) is 7.82. The quantitative estimate of drug-likeness (QED) is 0.274. The van der Waals surface area contributed by atoms with Crippen LogP contribution in [0.25, 0.3) is 6.08 Å². The molecular weight excluding hydrogens is 540 g/mol. The molecule has 2 N–H and O–H groups in total. The van der Waals surface area contributed by atoms with Crippen LogP contribution in [0, 0.1) is 11.3 Å². The van der Waals surface area contributed by atoms with Gasteiger partial charge in [-0.1, -0.05) is 40.2 Å². The molecule has 0 aliphatic carbocycles. The molecular formula is C24H16Br2N2O4. The standard InChI is InChI=1S/C24H16Br2N2O4/c25-19-7-4-15(5-8-19)14-32-22-9-6-16(11-21(22)26)10-18(13-27)23(29)28-20-3-1-2-17(12-20)24(30)31/h1-12H,14H2,(H,28,29)(H,30,31)/b18-10-. The van der Waals surface area contributed by atoms with Crippen molar-refractivity contribution in [1.29, 1.82) is 5.26 Å². The fraction of sp³-hybridized carbons (Fsp3) is 0.0417. The summed E-state index contributed by atoms with van der Waals surface area (Å²) in [6, 6.07) is 20.7. The number of hydrogen-bond acceptors (Lipinski definition) is 4. The number of carbonyl (C=O) groups excluding carboxylic acids is 1. The predicted molar refractivity (Wildman–Crippen MR) is 128 cm³/mol. The van der Waals surface area contributed by atoms with Crippen molar-refractivity contribution in [3.63, 3.8) is 0 Å². The van der Waals surface area contributed by atoms with Crippen LogP contribution in [0.2, 0.25) is 0 Å². The van der Waals surface area contributed by atoms with E-state index in [1.165, 1.54) is 24.3 Å². The van der Waals surface area contributed by atoms with Gasteiger partial charge in [-0.3, -0.25) is 4.79 Å². The molecule has 6 nitrogen and oxygen atoms in total. The van der Waals surface area contributed by atoms with E-state index in [9.17, 15) is 14.9 Å². The average molecular weight is 556 g/mol. The summed E-state index contributed by atoms with van der Waals surface area (Å²) in [4.78, 5) is 23.6. The number of anilines is 1. The van der Waals surface area contributed by atoms with Gasteiger partial charge in [0.25, 0.3) is 5.91 Å². The molecule has 3 rings (SSSR count). The molecule has 0 saturated carbocycles. The maximum absolute atomic E-state index is 12.5. The summed E-state index contributed by atoms with van der Waals surface area (Å²) in [6.45, 7) is 0.391. The van der Waals surface area contributed by atoms with Crippen LogP contribution in [0.1, 0.15) is 21.5 Å². The Morgan fingerprint density at radius 3 is 2.47 bits per heavy atom. The molecule has 0 atom stereocenters. The van der Waals surface area contributed by atoms with E-state index in [1.54, 1.807) is 24.3 Å². The second-order valence-corrected chi connectivity index (χ2v) is 8.38. The number of hydrogen-bond donors (Lipinski definition) is 2. The van der Waals surface area contributed by atoms with Crippen LogP contribution in [0.4, 0.5) is 5.69 Å². The zero-order chi connectivity index (χ0) is 23.1. The number of amides is 1. The van der Waals surface area contributed by atoms with E-state index in [4.69, 9.17) is 9.84 Å². The van der Waals surface area contributed by atoms with Crippen molar-refractivity contribution in [3.8, 4) is 11.8 Å². The van der Waals surface area contributed by atoms with Gasteiger partial charge in [-0.2, -0.15) is 5.26 Å². The van der Waals surface area contributed by atoms with Crippen LogP contribution in [0.15, 0.2) is 81.2 Å². The van der Waals surface area contributed by atoms with E-state index in [-0.39, 0.29) is 16.8 Å². The molecule has 0 fully saturated rings. The van der Waals surface area contributed by atoms with Crippen molar-refractivity contribution in [2.75, 3.05) is 5.32 Å². The molecule has 3 aromatic carbocycles. The van der Waals surface area contributed by atoms with Gasteiger partial charge in [-0.25, -0.2) is 4.79 Å². The highest BCUT2D eigenvalue weighted by molar-refractivity contribution is 9.10. The first-order valence-electron chi connectivity index (χ1n) is 9.29. The largest absolute Gasteiger partial charge is 0.488 e. The van der Waals surface area contributed by atoms with Gasteiger partial charge in [0.2, 0.25) is 0 Å². The van der Waals surface area contributed by atoms with Crippen molar-refractivity contribution in [2.24, 2.45) is 0 Å². The highest BCUT2D eigenvalue weighted by Gasteiger charge is 2.12. The predicted octanol–water partition coefficient (Wildman–Crippen LogP) is 6.03. The molecule has 0 spiro atoms. The first-order valence-corrected chi connectivity index (χ1v) is 10.9. The average Bonchev–Trinajstić information content (AvgIpc) is 2.78. The minimum Gasteiger partial charge on any atom is -0.488 e. The normalized spacial score (nSPS) is 10.8. The van der Waals surface area contributed by atoms with E-state index < -0.39 is 11.9 Å². The lowest BCUT2D eigenvalue weighted by atomic mass is 10.1. The fourth-order valence-corrected chi connectivity index (χ4v) is 3.48. The topological polar surface area (TPSA) is 99.4 Å². The maximum atomic E-state index is 12.5. The van der Waals surface area contributed by atoms with Gasteiger partial charge in [0, 0.05) is 10.2 Å². The number of carboxylic acid groups (broad SMARTS) is 1. The summed E-state index contributed by atoms with van der Waals surface area (Å²) < 4.78 is 7.50. The highest BCUT2D eigenvalue weighted by atomic mass is 79.9. The molecule has 0 heterocycles. The van der Waals surface area contributed by atoms with E-state index in [0.717, 1.165) is 10.0 Å². The number of ether oxygens (including phenoxy) is 1. The van der Waals surface area contributed by atoms with E-state index >= 15 is 0 Å². The number of benzene rings is 3. The molecule has 8 heteroatoms. The lowest BCUT2D eigenvalue weighted by Crippen LogP contribution is -2.13. The Balaban J connectivity index is 1.71. The number of rotatable bonds is 7. The second kappa shape index (κ2) is 10.8. The zero-order valence-electron chi connectivity index (χ0n) is 16.5.